The van der Waals surface area contributed by atoms with Crippen LogP contribution >= 0.6 is 15.9 Å². The molecular weight excluding hydrogens is 239 g/mol. The zero-order valence-corrected chi connectivity index (χ0v) is 8.51. The first kappa shape index (κ1) is 10.1. The van der Waals surface area contributed by atoms with Gasteiger partial charge >= 0.3 is 0 Å². The van der Waals surface area contributed by atoms with Gasteiger partial charge in [0.1, 0.15) is 5.82 Å². The van der Waals surface area contributed by atoms with Gasteiger partial charge in [-0.05, 0) is 18.2 Å². The average molecular weight is 247 g/mol. The lowest BCUT2D eigenvalue weighted by atomic mass is 10.2. The van der Waals surface area contributed by atoms with Gasteiger partial charge < -0.3 is 0 Å². The van der Waals surface area contributed by atoms with Gasteiger partial charge in [-0.15, -0.1) is 0 Å². The van der Waals surface area contributed by atoms with Crippen molar-refractivity contribution >= 4 is 21.8 Å². The van der Waals surface area contributed by atoms with Gasteiger partial charge in [0.2, 0.25) is 0 Å². The van der Waals surface area contributed by atoms with E-state index >= 15 is 0 Å². The highest BCUT2D eigenvalue weighted by Gasteiger charge is 2.13. The van der Waals surface area contributed by atoms with Gasteiger partial charge in [0, 0.05) is 11.5 Å². The summed E-state index contributed by atoms with van der Waals surface area (Å²) in [6.07, 6.45) is 0. The van der Waals surface area contributed by atoms with E-state index in [2.05, 4.69) is 15.9 Å². The number of hydrazine groups is 1. The first-order valence-corrected chi connectivity index (χ1v) is 4.29. The van der Waals surface area contributed by atoms with E-state index in [1.165, 1.54) is 19.2 Å². The Morgan fingerprint density at radius 2 is 2.23 bits per heavy atom. The Kier molecular flexibility index (Phi) is 3.00. The normalized spacial score (nSPS) is 9.85. The van der Waals surface area contributed by atoms with Crippen LogP contribution < -0.4 is 5.84 Å². The predicted molar refractivity (Wildman–Crippen MR) is 50.4 cm³/mol. The number of nitrogens with zero attached hydrogens (tertiary/aromatic N) is 1. The number of halogens is 2. The third-order valence-corrected chi connectivity index (χ3v) is 1.98. The van der Waals surface area contributed by atoms with E-state index in [1.54, 1.807) is 6.07 Å². The fraction of sp³-hybridized carbons (Fsp3) is 0.125. The lowest BCUT2D eigenvalue weighted by Gasteiger charge is -2.10. The minimum Gasteiger partial charge on any atom is -0.280 e. The van der Waals surface area contributed by atoms with Crippen molar-refractivity contribution in [3.05, 3.63) is 34.1 Å². The molecule has 5 heteroatoms. The van der Waals surface area contributed by atoms with Crippen molar-refractivity contribution in [1.29, 1.82) is 0 Å². The summed E-state index contributed by atoms with van der Waals surface area (Å²) in [5.41, 5.74) is -0.0341. The van der Waals surface area contributed by atoms with Crippen LogP contribution in [0.3, 0.4) is 0 Å². The Hall–Kier alpha value is -0.940. The third-order valence-electron chi connectivity index (χ3n) is 1.48. The Bertz CT molecular complexity index is 341. The molecule has 0 atom stereocenters. The van der Waals surface area contributed by atoms with Crippen LogP contribution in [-0.2, 0) is 0 Å². The molecule has 70 valence electrons. The second kappa shape index (κ2) is 3.85. The molecule has 0 saturated carbocycles. The molecule has 0 saturated heterocycles. The topological polar surface area (TPSA) is 46.3 Å². The molecule has 1 aromatic carbocycles. The summed E-state index contributed by atoms with van der Waals surface area (Å²) < 4.78 is 13.7. The van der Waals surface area contributed by atoms with Crippen LogP contribution in [0.15, 0.2) is 22.7 Å². The average Bonchev–Trinajstić information content (AvgIpc) is 2.03. The van der Waals surface area contributed by atoms with E-state index < -0.39 is 11.7 Å². The van der Waals surface area contributed by atoms with Crippen LogP contribution in [0, 0.1) is 5.82 Å². The smallest absolute Gasteiger partial charge is 0.270 e. The number of rotatable bonds is 1. The molecular formula is C8H8BrFN2O. The maximum absolute atomic E-state index is 13.1. The molecule has 0 radical (unpaired) electrons. The number of hydrogen-bond donors (Lipinski definition) is 1. The molecule has 0 bridgehead atoms. The second-order valence-electron chi connectivity index (χ2n) is 2.54. The van der Waals surface area contributed by atoms with Gasteiger partial charge in [0.15, 0.2) is 0 Å². The van der Waals surface area contributed by atoms with Crippen LogP contribution in [0.5, 0.6) is 0 Å². The van der Waals surface area contributed by atoms with Gasteiger partial charge in [-0.25, -0.2) is 10.2 Å². The fourth-order valence-electron chi connectivity index (χ4n) is 0.853. The van der Waals surface area contributed by atoms with Gasteiger partial charge in [0.25, 0.3) is 5.91 Å². The highest BCUT2D eigenvalue weighted by molar-refractivity contribution is 9.10. The summed E-state index contributed by atoms with van der Waals surface area (Å²) in [7, 11) is 1.36. The largest absolute Gasteiger partial charge is 0.280 e. The van der Waals surface area contributed by atoms with Crippen molar-refractivity contribution in [1.82, 2.24) is 5.01 Å². The molecule has 0 heterocycles. The van der Waals surface area contributed by atoms with Crippen LogP contribution in [0.4, 0.5) is 4.39 Å². The van der Waals surface area contributed by atoms with Crippen molar-refractivity contribution in [2.24, 2.45) is 5.84 Å². The van der Waals surface area contributed by atoms with Gasteiger partial charge in [-0.2, -0.15) is 0 Å². The summed E-state index contributed by atoms with van der Waals surface area (Å²) in [6, 6.07) is 4.18. The van der Waals surface area contributed by atoms with Crippen molar-refractivity contribution in [3.8, 4) is 0 Å². The molecule has 0 aromatic heterocycles. The number of amides is 1. The minimum atomic E-state index is -0.586. The Morgan fingerprint density at radius 3 is 2.69 bits per heavy atom. The van der Waals surface area contributed by atoms with Crippen molar-refractivity contribution in [3.63, 3.8) is 0 Å². The molecule has 0 aliphatic heterocycles. The van der Waals surface area contributed by atoms with E-state index in [1.807, 2.05) is 0 Å². The molecule has 1 rings (SSSR count). The zero-order valence-electron chi connectivity index (χ0n) is 6.92. The molecule has 1 aromatic rings. The lowest BCUT2D eigenvalue weighted by Crippen LogP contribution is -2.33. The zero-order chi connectivity index (χ0) is 10.0. The van der Waals surface area contributed by atoms with Crippen molar-refractivity contribution < 1.29 is 9.18 Å². The van der Waals surface area contributed by atoms with Crippen molar-refractivity contribution in [2.45, 2.75) is 0 Å². The number of nitrogens with two attached hydrogens (primary N) is 1. The molecule has 2 N–H and O–H groups in total. The summed E-state index contributed by atoms with van der Waals surface area (Å²) in [6.45, 7) is 0. The maximum atomic E-state index is 13.1. The molecule has 0 fully saturated rings. The first-order chi connectivity index (χ1) is 6.02. The van der Waals surface area contributed by atoms with Crippen LogP contribution in [0.1, 0.15) is 10.4 Å². The summed E-state index contributed by atoms with van der Waals surface area (Å²) in [5, 5.41) is 0.840. The molecule has 13 heavy (non-hydrogen) atoms. The monoisotopic (exact) mass is 246 g/mol. The van der Waals surface area contributed by atoms with Crippen LogP contribution in [0.25, 0.3) is 0 Å². The highest BCUT2D eigenvalue weighted by atomic mass is 79.9. The van der Waals surface area contributed by atoms with Gasteiger partial charge in [-0.1, -0.05) is 15.9 Å². The summed E-state index contributed by atoms with van der Waals surface area (Å²) in [4.78, 5) is 11.2. The molecule has 0 spiro atoms. The SMILES string of the molecule is CN(N)C(=O)c1ccc(Br)cc1F. The summed E-state index contributed by atoms with van der Waals surface area (Å²) in [5.74, 6) is 4.04. The van der Waals surface area contributed by atoms with Gasteiger partial charge in [-0.3, -0.25) is 9.80 Å². The fourth-order valence-corrected chi connectivity index (χ4v) is 1.19. The van der Waals surface area contributed by atoms with Crippen molar-refractivity contribution in [2.75, 3.05) is 7.05 Å². The Labute approximate surface area is 83.4 Å². The van der Waals surface area contributed by atoms with E-state index in [4.69, 9.17) is 5.84 Å². The summed E-state index contributed by atoms with van der Waals surface area (Å²) >= 11 is 3.09. The Balaban J connectivity index is 3.09. The first-order valence-electron chi connectivity index (χ1n) is 3.50. The lowest BCUT2D eigenvalue weighted by molar-refractivity contribution is 0.0790. The number of carbonyl (C=O) groups excluding carboxylic acids is 1. The number of hydrogen-bond acceptors (Lipinski definition) is 2. The molecule has 1 amide bonds. The van der Waals surface area contributed by atoms with Crippen LogP contribution in [0.2, 0.25) is 0 Å². The third kappa shape index (κ3) is 2.26. The number of benzene rings is 1. The molecule has 3 nitrogen and oxygen atoms in total. The van der Waals surface area contributed by atoms with Crippen LogP contribution in [-0.4, -0.2) is 18.0 Å². The Morgan fingerprint density at radius 1 is 1.62 bits per heavy atom. The van der Waals surface area contributed by atoms with E-state index in [-0.39, 0.29) is 5.56 Å². The second-order valence-corrected chi connectivity index (χ2v) is 3.46. The van der Waals surface area contributed by atoms with Gasteiger partial charge in [0.05, 0.1) is 5.56 Å². The predicted octanol–water partition coefficient (Wildman–Crippen LogP) is 1.53. The maximum Gasteiger partial charge on any atom is 0.270 e. The van der Waals surface area contributed by atoms with E-state index in [0.29, 0.717) is 4.47 Å². The number of carbonyl (C=O) groups is 1. The molecule has 0 aliphatic rings. The molecule has 0 aliphatic carbocycles. The van der Waals surface area contributed by atoms with E-state index in [0.717, 1.165) is 5.01 Å². The molecule has 0 unspecified atom stereocenters. The van der Waals surface area contributed by atoms with E-state index in [9.17, 15) is 9.18 Å². The minimum absolute atomic E-state index is 0.0341. The standard InChI is InChI=1S/C8H8BrFN2O/c1-12(11)8(13)6-3-2-5(9)4-7(6)10/h2-4H,11H2,1H3. The highest BCUT2D eigenvalue weighted by Crippen LogP contribution is 2.15. The quantitative estimate of drug-likeness (QED) is 0.464.